The highest BCUT2D eigenvalue weighted by Crippen LogP contribution is 2.38. The highest BCUT2D eigenvalue weighted by Gasteiger charge is 2.23. The van der Waals surface area contributed by atoms with Crippen molar-refractivity contribution in [3.05, 3.63) is 22.3 Å². The summed E-state index contributed by atoms with van der Waals surface area (Å²) in [6.45, 7) is 7.20. The molecule has 122 valence electrons. The van der Waals surface area contributed by atoms with Crippen LogP contribution in [-0.2, 0) is 0 Å². The fourth-order valence-electron chi connectivity index (χ4n) is 2.20. The predicted molar refractivity (Wildman–Crippen MR) is 76.1 cm³/mol. The fourth-order valence-corrected chi connectivity index (χ4v) is 2.20. The van der Waals surface area contributed by atoms with Gasteiger partial charge in [0.1, 0.15) is 11.5 Å². The quantitative estimate of drug-likeness (QED) is 0.697. The van der Waals surface area contributed by atoms with E-state index in [-0.39, 0.29) is 47.0 Å². The Hall–Kier alpha value is -2.24. The number of carboxylic acids is 2. The number of aromatic carboxylic acids is 2. The van der Waals surface area contributed by atoms with Gasteiger partial charge in [-0.2, -0.15) is 0 Å². The lowest BCUT2D eigenvalue weighted by Crippen LogP contribution is -2.29. The molecule has 0 N–H and O–H groups in total. The van der Waals surface area contributed by atoms with E-state index in [1.54, 1.807) is 0 Å². The minimum Gasteiger partial charge on any atom is -0.545 e. The molecule has 0 fully saturated rings. The van der Waals surface area contributed by atoms with Gasteiger partial charge in [-0.05, 0) is 26.7 Å². The van der Waals surface area contributed by atoms with E-state index >= 15 is 0 Å². The third-order valence-corrected chi connectivity index (χ3v) is 3.19. The number of ether oxygens (including phenoxy) is 2. The lowest BCUT2D eigenvalue weighted by atomic mass is 9.96. The molecule has 1 aromatic carbocycles. The van der Waals surface area contributed by atoms with Crippen LogP contribution in [0.4, 0.5) is 0 Å². The zero-order chi connectivity index (χ0) is 16.9. The first-order chi connectivity index (χ1) is 10.4. The molecule has 1 rings (SSSR count). The van der Waals surface area contributed by atoms with E-state index in [9.17, 15) is 19.8 Å². The smallest absolute Gasteiger partial charge is 0.132 e. The molecule has 0 aliphatic carbocycles. The lowest BCUT2D eigenvalue weighted by molar-refractivity contribution is -0.256. The van der Waals surface area contributed by atoms with E-state index < -0.39 is 11.9 Å². The zero-order valence-electron chi connectivity index (χ0n) is 13.3. The van der Waals surface area contributed by atoms with E-state index in [1.807, 2.05) is 13.8 Å². The summed E-state index contributed by atoms with van der Waals surface area (Å²) >= 11 is 0. The molecule has 1 aromatic rings. The van der Waals surface area contributed by atoms with Crippen molar-refractivity contribution < 1.29 is 29.3 Å². The second-order valence-corrected chi connectivity index (χ2v) is 4.93. The average Bonchev–Trinajstić information content (AvgIpc) is 2.44. The van der Waals surface area contributed by atoms with E-state index in [0.29, 0.717) is 12.8 Å². The second kappa shape index (κ2) is 7.68. The van der Waals surface area contributed by atoms with E-state index in [0.717, 1.165) is 0 Å². The summed E-state index contributed by atoms with van der Waals surface area (Å²) in [5.41, 5.74) is -0.0159. The average molecular weight is 308 g/mol. The van der Waals surface area contributed by atoms with Gasteiger partial charge in [0, 0.05) is 22.3 Å². The molecule has 0 heterocycles. The molecule has 0 saturated heterocycles. The Morgan fingerprint density at radius 1 is 0.818 bits per heavy atom. The SMILES string of the molecule is CCCOc1c(C)c(C(=O)[O-])c(OCCC)c(C)c1C(=O)[O-]. The summed E-state index contributed by atoms with van der Waals surface area (Å²) in [5.74, 6) is -2.86. The summed E-state index contributed by atoms with van der Waals surface area (Å²) in [7, 11) is 0. The summed E-state index contributed by atoms with van der Waals surface area (Å²) < 4.78 is 10.9. The van der Waals surface area contributed by atoms with Gasteiger partial charge in [0.15, 0.2) is 0 Å². The van der Waals surface area contributed by atoms with Crippen LogP contribution in [0.5, 0.6) is 11.5 Å². The number of carbonyl (C=O) groups is 2. The molecule has 22 heavy (non-hydrogen) atoms. The van der Waals surface area contributed by atoms with Crippen LogP contribution in [0.1, 0.15) is 58.5 Å². The highest BCUT2D eigenvalue weighted by atomic mass is 16.5. The number of carbonyl (C=O) groups excluding carboxylic acids is 2. The molecule has 6 nitrogen and oxygen atoms in total. The van der Waals surface area contributed by atoms with Crippen LogP contribution in [0.25, 0.3) is 0 Å². The molecule has 0 aliphatic rings. The minimum absolute atomic E-state index is 0.00222. The van der Waals surface area contributed by atoms with Crippen LogP contribution in [0, 0.1) is 13.8 Å². The molecule has 0 saturated carbocycles. The Balaban J connectivity index is 3.64. The maximum Gasteiger partial charge on any atom is 0.132 e. The molecule has 0 aliphatic heterocycles. The number of rotatable bonds is 8. The van der Waals surface area contributed by atoms with Crippen molar-refractivity contribution in [2.75, 3.05) is 13.2 Å². The molecule has 0 amide bonds. The molecule has 0 atom stereocenters. The van der Waals surface area contributed by atoms with Gasteiger partial charge in [0.05, 0.1) is 25.2 Å². The van der Waals surface area contributed by atoms with E-state index in [4.69, 9.17) is 9.47 Å². The van der Waals surface area contributed by atoms with Crippen molar-refractivity contribution in [1.29, 1.82) is 0 Å². The topological polar surface area (TPSA) is 98.7 Å². The van der Waals surface area contributed by atoms with Gasteiger partial charge >= 0.3 is 0 Å². The van der Waals surface area contributed by atoms with Crippen molar-refractivity contribution >= 4 is 11.9 Å². The lowest BCUT2D eigenvalue weighted by Gasteiger charge is -2.24. The summed E-state index contributed by atoms with van der Waals surface area (Å²) in [4.78, 5) is 22.9. The van der Waals surface area contributed by atoms with Crippen LogP contribution < -0.4 is 19.7 Å². The molecule has 0 aromatic heterocycles. The van der Waals surface area contributed by atoms with Gasteiger partial charge in [0.25, 0.3) is 0 Å². The standard InChI is InChI=1S/C16H22O6/c1-5-7-21-13-9(3)12(16(19)20)14(22-8-6-2)10(4)11(13)15(17)18/h5-8H2,1-4H3,(H,17,18)(H,19,20)/p-2. The number of hydrogen-bond donors (Lipinski definition) is 0. The summed E-state index contributed by atoms with van der Waals surface area (Å²) in [5, 5.41) is 22.9. The molecular formula is C16H20O6-2. The Labute approximate surface area is 129 Å². The van der Waals surface area contributed by atoms with Crippen molar-refractivity contribution in [2.24, 2.45) is 0 Å². The Kier molecular flexibility index (Phi) is 6.22. The molecule has 0 spiro atoms. The predicted octanol–water partition coefficient (Wildman–Crippen LogP) is 0.608. The second-order valence-electron chi connectivity index (χ2n) is 4.93. The van der Waals surface area contributed by atoms with Gasteiger partial charge in [0.2, 0.25) is 0 Å². The van der Waals surface area contributed by atoms with Crippen LogP contribution >= 0.6 is 0 Å². The first-order valence-electron chi connectivity index (χ1n) is 7.22. The van der Waals surface area contributed by atoms with Gasteiger partial charge in [-0.1, -0.05) is 13.8 Å². The van der Waals surface area contributed by atoms with Gasteiger partial charge < -0.3 is 29.3 Å². The maximum atomic E-state index is 11.5. The van der Waals surface area contributed by atoms with Crippen molar-refractivity contribution in [1.82, 2.24) is 0 Å². The van der Waals surface area contributed by atoms with Crippen LogP contribution in [0.15, 0.2) is 0 Å². The van der Waals surface area contributed by atoms with Crippen molar-refractivity contribution in [3.8, 4) is 11.5 Å². The first-order valence-corrected chi connectivity index (χ1v) is 7.22. The maximum absolute atomic E-state index is 11.5. The third kappa shape index (κ3) is 3.50. The fraction of sp³-hybridized carbons (Fsp3) is 0.500. The molecule has 0 unspecified atom stereocenters. The first kappa shape index (κ1) is 17.8. The van der Waals surface area contributed by atoms with Crippen LogP contribution in [-0.4, -0.2) is 25.2 Å². The van der Waals surface area contributed by atoms with Crippen LogP contribution in [0.3, 0.4) is 0 Å². The monoisotopic (exact) mass is 308 g/mol. The highest BCUT2D eigenvalue weighted by molar-refractivity contribution is 5.99. The minimum atomic E-state index is -1.43. The summed E-state index contributed by atoms with van der Waals surface area (Å²) in [6.07, 6.45) is 1.30. The normalized spacial score (nSPS) is 10.4. The van der Waals surface area contributed by atoms with Gasteiger partial charge in [-0.15, -0.1) is 0 Å². The van der Waals surface area contributed by atoms with Crippen molar-refractivity contribution in [3.63, 3.8) is 0 Å². The third-order valence-electron chi connectivity index (χ3n) is 3.19. The molecular weight excluding hydrogens is 288 g/mol. The Morgan fingerprint density at radius 2 is 1.14 bits per heavy atom. The molecule has 0 radical (unpaired) electrons. The Bertz CT molecular complexity index is 525. The zero-order valence-corrected chi connectivity index (χ0v) is 13.3. The Morgan fingerprint density at radius 3 is 1.36 bits per heavy atom. The van der Waals surface area contributed by atoms with Crippen LogP contribution in [0.2, 0.25) is 0 Å². The largest absolute Gasteiger partial charge is 0.545 e. The molecule has 6 heteroatoms. The number of benzene rings is 1. The van der Waals surface area contributed by atoms with E-state index in [1.165, 1.54) is 13.8 Å². The number of carboxylic acid groups (broad SMARTS) is 2. The summed E-state index contributed by atoms with van der Waals surface area (Å²) in [6, 6.07) is 0. The van der Waals surface area contributed by atoms with Gasteiger partial charge in [-0.3, -0.25) is 0 Å². The van der Waals surface area contributed by atoms with Crippen molar-refractivity contribution in [2.45, 2.75) is 40.5 Å². The van der Waals surface area contributed by atoms with E-state index in [2.05, 4.69) is 0 Å². The molecule has 0 bridgehead atoms. The number of hydrogen-bond acceptors (Lipinski definition) is 6. The van der Waals surface area contributed by atoms with Gasteiger partial charge in [-0.25, -0.2) is 0 Å².